The molecule has 28 heavy (non-hydrogen) atoms. The van der Waals surface area contributed by atoms with Crippen LogP contribution in [0.15, 0.2) is 47.6 Å². The van der Waals surface area contributed by atoms with Crippen molar-refractivity contribution in [1.29, 1.82) is 0 Å². The Kier molecular flexibility index (Phi) is 5.85. The number of fused-ring (bicyclic) bond motifs is 1. The number of rotatable bonds is 5. The fourth-order valence-electron chi connectivity index (χ4n) is 3.23. The van der Waals surface area contributed by atoms with E-state index in [0.717, 1.165) is 5.56 Å². The maximum absolute atomic E-state index is 10.5. The van der Waals surface area contributed by atoms with Crippen molar-refractivity contribution >= 4 is 46.0 Å². The summed E-state index contributed by atoms with van der Waals surface area (Å²) in [4.78, 5) is 4.63. The van der Waals surface area contributed by atoms with Crippen LogP contribution in [-0.4, -0.2) is 49.8 Å². The van der Waals surface area contributed by atoms with E-state index in [-0.39, 0.29) is 0 Å². The van der Waals surface area contributed by atoms with Crippen molar-refractivity contribution in [3.63, 3.8) is 0 Å². The number of ether oxygens (including phenoxy) is 1. The molecule has 4 rings (SSSR count). The Morgan fingerprint density at radius 1 is 1.07 bits per heavy atom. The average molecular weight is 441 g/mol. The highest BCUT2D eigenvalue weighted by Crippen LogP contribution is 2.39. The summed E-state index contributed by atoms with van der Waals surface area (Å²) in [6.07, 6.45) is -4.22. The zero-order chi connectivity index (χ0) is 19.8. The van der Waals surface area contributed by atoms with Crippen LogP contribution < -0.4 is 0 Å². The van der Waals surface area contributed by atoms with E-state index in [1.807, 2.05) is 30.3 Å². The van der Waals surface area contributed by atoms with Crippen molar-refractivity contribution in [3.05, 3.63) is 58.1 Å². The van der Waals surface area contributed by atoms with E-state index in [9.17, 15) is 15.3 Å². The molecule has 1 unspecified atom stereocenters. The number of aliphatic hydroxyl groups excluding tert-OH is 3. The number of aromatic nitrogens is 2. The van der Waals surface area contributed by atoms with Gasteiger partial charge in [0.25, 0.3) is 0 Å². The molecule has 4 atom stereocenters. The molecule has 1 fully saturated rings. The van der Waals surface area contributed by atoms with Crippen LogP contribution in [0, 0.1) is 0 Å². The molecule has 0 amide bonds. The topological polar surface area (TPSA) is 87.7 Å². The fraction of sp³-hybridized carbons (Fsp3) is 0.316. The number of hydrogen-bond donors (Lipinski definition) is 3. The van der Waals surface area contributed by atoms with E-state index in [1.54, 1.807) is 16.7 Å². The molecule has 2 aromatic carbocycles. The van der Waals surface area contributed by atoms with Crippen LogP contribution in [0.3, 0.4) is 0 Å². The lowest BCUT2D eigenvalue weighted by Gasteiger charge is -2.20. The van der Waals surface area contributed by atoms with Crippen LogP contribution in [-0.2, 0) is 10.5 Å². The Hall–Kier alpha value is -1.32. The monoisotopic (exact) mass is 440 g/mol. The summed E-state index contributed by atoms with van der Waals surface area (Å²) in [6, 6.07) is 13.2. The molecular weight excluding hydrogens is 423 g/mol. The predicted octanol–water partition coefficient (Wildman–Crippen LogP) is 3.25. The summed E-state index contributed by atoms with van der Waals surface area (Å²) in [6.45, 7) is -0.402. The largest absolute Gasteiger partial charge is 0.394 e. The van der Waals surface area contributed by atoms with Gasteiger partial charge in [-0.25, -0.2) is 4.98 Å². The highest BCUT2D eigenvalue weighted by molar-refractivity contribution is 7.98. The minimum absolute atomic E-state index is 0.349. The van der Waals surface area contributed by atoms with Gasteiger partial charge in [-0.15, -0.1) is 0 Å². The molecule has 0 saturated carbocycles. The van der Waals surface area contributed by atoms with Gasteiger partial charge in [0.1, 0.15) is 18.3 Å². The average Bonchev–Trinajstić information content (AvgIpc) is 3.18. The number of nitrogens with zero attached hydrogens (tertiary/aromatic N) is 2. The Balaban J connectivity index is 1.76. The van der Waals surface area contributed by atoms with Gasteiger partial charge < -0.3 is 20.1 Å². The van der Waals surface area contributed by atoms with Crippen molar-refractivity contribution < 1.29 is 20.1 Å². The van der Waals surface area contributed by atoms with Gasteiger partial charge >= 0.3 is 0 Å². The normalized spacial score (nSPS) is 24.9. The van der Waals surface area contributed by atoms with E-state index in [4.69, 9.17) is 27.9 Å². The smallest absolute Gasteiger partial charge is 0.171 e. The third-order valence-electron chi connectivity index (χ3n) is 4.68. The lowest BCUT2D eigenvalue weighted by Crippen LogP contribution is -2.33. The Bertz CT molecular complexity index is 985. The third-order valence-corrected chi connectivity index (χ3v) is 6.43. The molecule has 9 heteroatoms. The second kappa shape index (κ2) is 8.20. The van der Waals surface area contributed by atoms with E-state index in [2.05, 4.69) is 4.98 Å². The van der Waals surface area contributed by atoms with Crippen LogP contribution in [0.5, 0.6) is 0 Å². The summed E-state index contributed by atoms with van der Waals surface area (Å²) in [5, 5.41) is 31.4. The molecule has 0 radical (unpaired) electrons. The molecular formula is C19H18Cl2N2O4S. The van der Waals surface area contributed by atoms with Gasteiger partial charge in [0.05, 0.1) is 27.7 Å². The first-order valence-electron chi connectivity index (χ1n) is 8.65. The number of halogens is 2. The van der Waals surface area contributed by atoms with Crippen LogP contribution in [0.4, 0.5) is 0 Å². The summed E-state index contributed by atoms with van der Waals surface area (Å²) in [7, 11) is 0. The first kappa shape index (κ1) is 20.0. The number of aliphatic hydroxyl groups is 3. The van der Waals surface area contributed by atoms with Gasteiger partial charge in [-0.1, -0.05) is 65.3 Å². The molecule has 1 saturated heterocycles. The van der Waals surface area contributed by atoms with Gasteiger partial charge in [-0.05, 0) is 17.7 Å². The molecule has 1 aliphatic heterocycles. The number of imidazole rings is 1. The number of thioether (sulfide) groups is 1. The molecule has 0 spiro atoms. The van der Waals surface area contributed by atoms with Crippen LogP contribution >= 0.6 is 35.0 Å². The fourth-order valence-corrected chi connectivity index (χ4v) is 4.54. The van der Waals surface area contributed by atoms with Gasteiger partial charge in [0, 0.05) is 5.75 Å². The number of hydrogen-bond acceptors (Lipinski definition) is 6. The summed E-state index contributed by atoms with van der Waals surface area (Å²) < 4.78 is 7.44. The van der Waals surface area contributed by atoms with Crippen molar-refractivity contribution in [1.82, 2.24) is 9.55 Å². The number of benzene rings is 2. The molecule has 2 heterocycles. The van der Waals surface area contributed by atoms with E-state index in [1.165, 1.54) is 11.8 Å². The molecule has 1 aromatic heterocycles. The van der Waals surface area contributed by atoms with E-state index >= 15 is 0 Å². The van der Waals surface area contributed by atoms with Crippen LogP contribution in [0.1, 0.15) is 11.8 Å². The van der Waals surface area contributed by atoms with Gasteiger partial charge in [0.2, 0.25) is 0 Å². The highest BCUT2D eigenvalue weighted by Gasteiger charge is 2.44. The molecule has 3 N–H and O–H groups in total. The standard InChI is InChI=1S/C19H18Cl2N2O4S/c20-11-6-13-14(7-12(11)21)23(18-17(26)16(25)15(8-24)27-18)19(22-13)28-9-10-4-2-1-3-5-10/h1-7,15-18,24-26H,8-9H2/t15-,16-,17-,18?/m1/s1. The molecule has 148 valence electrons. The van der Waals surface area contributed by atoms with Gasteiger partial charge in [0.15, 0.2) is 11.4 Å². The Morgan fingerprint density at radius 3 is 2.46 bits per heavy atom. The maximum atomic E-state index is 10.5. The first-order chi connectivity index (χ1) is 13.5. The van der Waals surface area contributed by atoms with Crippen molar-refractivity contribution in [2.45, 2.75) is 35.4 Å². The highest BCUT2D eigenvalue weighted by atomic mass is 35.5. The molecule has 0 bridgehead atoms. The van der Waals surface area contributed by atoms with Crippen LogP contribution in [0.2, 0.25) is 10.0 Å². The maximum Gasteiger partial charge on any atom is 0.171 e. The van der Waals surface area contributed by atoms with Crippen molar-refractivity contribution in [3.8, 4) is 0 Å². The molecule has 1 aliphatic rings. The SMILES string of the molecule is OC[C@H]1OC(n2c(SCc3ccccc3)nc3cc(Cl)c(Cl)cc32)[C@H](O)[C@@H]1O. The Labute approximate surface area is 175 Å². The second-order valence-electron chi connectivity index (χ2n) is 6.52. The van der Waals surface area contributed by atoms with E-state index < -0.39 is 31.1 Å². The predicted molar refractivity (Wildman–Crippen MR) is 109 cm³/mol. The van der Waals surface area contributed by atoms with E-state index in [0.29, 0.717) is 32.0 Å². The second-order valence-corrected chi connectivity index (χ2v) is 8.28. The summed E-state index contributed by atoms with van der Waals surface area (Å²) in [5.74, 6) is 0.653. The van der Waals surface area contributed by atoms with Gasteiger partial charge in [-0.2, -0.15) is 0 Å². The third kappa shape index (κ3) is 3.64. The lowest BCUT2D eigenvalue weighted by molar-refractivity contribution is -0.0546. The zero-order valence-corrected chi connectivity index (χ0v) is 16.9. The zero-order valence-electron chi connectivity index (χ0n) is 14.6. The quantitative estimate of drug-likeness (QED) is 0.527. The van der Waals surface area contributed by atoms with Crippen LogP contribution in [0.25, 0.3) is 11.0 Å². The summed E-state index contributed by atoms with van der Waals surface area (Å²) >= 11 is 13.8. The lowest BCUT2D eigenvalue weighted by atomic mass is 10.1. The minimum atomic E-state index is -1.22. The molecule has 0 aliphatic carbocycles. The molecule has 3 aromatic rings. The van der Waals surface area contributed by atoms with Crippen molar-refractivity contribution in [2.24, 2.45) is 0 Å². The minimum Gasteiger partial charge on any atom is -0.394 e. The first-order valence-corrected chi connectivity index (χ1v) is 10.4. The summed E-state index contributed by atoms with van der Waals surface area (Å²) in [5.41, 5.74) is 2.34. The van der Waals surface area contributed by atoms with Gasteiger partial charge in [-0.3, -0.25) is 4.57 Å². The molecule has 6 nitrogen and oxygen atoms in total. The van der Waals surface area contributed by atoms with Crippen molar-refractivity contribution in [2.75, 3.05) is 6.61 Å². The Morgan fingerprint density at radius 2 is 1.79 bits per heavy atom.